The average molecular weight is 595 g/mol. The van der Waals surface area contributed by atoms with E-state index < -0.39 is 5.60 Å². The van der Waals surface area contributed by atoms with Gasteiger partial charge in [0.05, 0.1) is 34.6 Å². The number of β-amino-alcohol motifs (C(OH)–C–C–N with tert-alkyl or cyclic N) is 1. The zero-order chi connectivity index (χ0) is 29.9. The van der Waals surface area contributed by atoms with Crippen molar-refractivity contribution in [1.82, 2.24) is 44.9 Å². The molecule has 1 fully saturated rings. The quantitative estimate of drug-likeness (QED) is 0.251. The van der Waals surface area contributed by atoms with Gasteiger partial charge in [-0.1, -0.05) is 31.5 Å². The number of aromatic nitrogens is 8. The molecular formula is C29H39ClN10O2. The lowest BCUT2D eigenvalue weighted by Gasteiger charge is -2.35. The molecule has 5 rings (SSSR count). The van der Waals surface area contributed by atoms with Crippen LogP contribution >= 0.6 is 11.6 Å². The zero-order valence-electron chi connectivity index (χ0n) is 24.8. The largest absolute Gasteiger partial charge is 0.487 e. The normalized spacial score (nSPS) is 15.7. The van der Waals surface area contributed by atoms with Crippen LogP contribution < -0.4 is 10.1 Å². The Morgan fingerprint density at radius 3 is 2.50 bits per heavy atom. The van der Waals surface area contributed by atoms with Gasteiger partial charge in [-0.2, -0.15) is 5.10 Å². The first-order chi connectivity index (χ1) is 20.0. The number of piperidine rings is 1. The summed E-state index contributed by atoms with van der Waals surface area (Å²) in [7, 11) is 0. The summed E-state index contributed by atoms with van der Waals surface area (Å²) in [5, 5.41) is 30.2. The Morgan fingerprint density at radius 2 is 1.86 bits per heavy atom. The van der Waals surface area contributed by atoms with Gasteiger partial charge in [0.25, 0.3) is 0 Å². The number of tetrazole rings is 1. The van der Waals surface area contributed by atoms with E-state index in [0.717, 1.165) is 48.4 Å². The SMILES string of the molecule is CC(C)c1nn(C2CCN(CC(C)(C)O)CC2)cc1Nc1ncc(-c2ccc(Cl)c(O[C@@H](C)Cn3cnnn3)c2)cn1. The Hall–Kier alpha value is -3.61. The van der Waals surface area contributed by atoms with Crippen molar-refractivity contribution < 1.29 is 9.84 Å². The van der Waals surface area contributed by atoms with Crippen LogP contribution in [0.3, 0.4) is 0 Å². The van der Waals surface area contributed by atoms with Crippen LogP contribution in [0.15, 0.2) is 43.1 Å². The van der Waals surface area contributed by atoms with Gasteiger partial charge in [-0.25, -0.2) is 14.6 Å². The van der Waals surface area contributed by atoms with Gasteiger partial charge in [-0.3, -0.25) is 4.68 Å². The number of anilines is 2. The number of hydrogen-bond donors (Lipinski definition) is 2. The van der Waals surface area contributed by atoms with Crippen molar-refractivity contribution in [3.05, 3.63) is 53.8 Å². The maximum atomic E-state index is 10.2. The van der Waals surface area contributed by atoms with E-state index in [-0.39, 0.29) is 12.0 Å². The molecule has 0 unspecified atom stereocenters. The van der Waals surface area contributed by atoms with E-state index in [4.69, 9.17) is 21.4 Å². The van der Waals surface area contributed by atoms with Crippen LogP contribution in [0.4, 0.5) is 11.6 Å². The zero-order valence-corrected chi connectivity index (χ0v) is 25.5. The summed E-state index contributed by atoms with van der Waals surface area (Å²) in [4.78, 5) is 11.5. The van der Waals surface area contributed by atoms with Crippen LogP contribution in [-0.2, 0) is 6.54 Å². The first kappa shape index (κ1) is 29.9. The Morgan fingerprint density at radius 1 is 1.12 bits per heavy atom. The Labute approximate surface area is 251 Å². The third kappa shape index (κ3) is 7.61. The number of halogens is 1. The molecule has 1 atom stereocenters. The van der Waals surface area contributed by atoms with Crippen LogP contribution in [0.2, 0.25) is 5.02 Å². The van der Waals surface area contributed by atoms with E-state index in [2.05, 4.69) is 60.4 Å². The first-order valence-electron chi connectivity index (χ1n) is 14.3. The van der Waals surface area contributed by atoms with E-state index in [1.807, 2.05) is 32.9 Å². The van der Waals surface area contributed by atoms with Crippen molar-refractivity contribution in [2.24, 2.45) is 0 Å². The lowest BCUT2D eigenvalue weighted by Crippen LogP contribution is -2.43. The summed E-state index contributed by atoms with van der Waals surface area (Å²) < 4.78 is 9.77. The predicted octanol–water partition coefficient (Wildman–Crippen LogP) is 4.72. The summed E-state index contributed by atoms with van der Waals surface area (Å²) >= 11 is 6.42. The van der Waals surface area contributed by atoms with E-state index in [1.165, 1.54) is 0 Å². The molecule has 0 aliphatic carbocycles. The molecule has 0 radical (unpaired) electrons. The minimum atomic E-state index is -0.685. The van der Waals surface area contributed by atoms with Gasteiger partial charge in [-0.15, -0.1) is 5.10 Å². The second kappa shape index (κ2) is 12.7. The maximum absolute atomic E-state index is 10.2. The second-order valence-corrected chi connectivity index (χ2v) is 12.3. The lowest BCUT2D eigenvalue weighted by atomic mass is 10.0. The van der Waals surface area contributed by atoms with Crippen molar-refractivity contribution in [3.8, 4) is 16.9 Å². The van der Waals surface area contributed by atoms with E-state index >= 15 is 0 Å². The number of ether oxygens (including phenoxy) is 1. The number of nitrogens with zero attached hydrogens (tertiary/aromatic N) is 9. The monoisotopic (exact) mass is 594 g/mol. The molecule has 2 N–H and O–H groups in total. The van der Waals surface area contributed by atoms with Crippen molar-refractivity contribution in [3.63, 3.8) is 0 Å². The van der Waals surface area contributed by atoms with Gasteiger partial charge in [-0.05, 0) is 67.7 Å². The highest BCUT2D eigenvalue weighted by Gasteiger charge is 2.26. The molecule has 4 aromatic rings. The van der Waals surface area contributed by atoms with Crippen molar-refractivity contribution >= 4 is 23.2 Å². The molecule has 0 spiro atoms. The highest BCUT2D eigenvalue weighted by atomic mass is 35.5. The summed E-state index contributed by atoms with van der Waals surface area (Å²) in [6.45, 7) is 13.0. The number of benzene rings is 1. The molecule has 0 saturated carbocycles. The Kier molecular flexibility index (Phi) is 9.05. The topological polar surface area (TPSA) is 132 Å². The first-order valence-corrected chi connectivity index (χ1v) is 14.7. The molecule has 13 heteroatoms. The molecule has 1 aliphatic heterocycles. The van der Waals surface area contributed by atoms with E-state index in [1.54, 1.807) is 29.5 Å². The maximum Gasteiger partial charge on any atom is 0.227 e. The van der Waals surface area contributed by atoms with Gasteiger partial charge >= 0.3 is 0 Å². The average Bonchev–Trinajstić information content (AvgIpc) is 3.60. The van der Waals surface area contributed by atoms with Crippen molar-refractivity contribution in [2.45, 2.75) is 77.7 Å². The van der Waals surface area contributed by atoms with E-state index in [0.29, 0.717) is 35.9 Å². The minimum absolute atomic E-state index is 0.194. The third-order valence-corrected chi connectivity index (χ3v) is 7.49. The van der Waals surface area contributed by atoms with Gasteiger partial charge in [0.2, 0.25) is 5.95 Å². The molecule has 4 heterocycles. The van der Waals surface area contributed by atoms with Crippen molar-refractivity contribution in [1.29, 1.82) is 0 Å². The fourth-order valence-electron chi connectivity index (χ4n) is 5.22. The molecule has 224 valence electrons. The third-order valence-electron chi connectivity index (χ3n) is 7.18. The van der Waals surface area contributed by atoms with Gasteiger partial charge in [0, 0.05) is 43.8 Å². The Bertz CT molecular complexity index is 1440. The number of rotatable bonds is 11. The summed E-state index contributed by atoms with van der Waals surface area (Å²) in [6.07, 6.45) is 8.97. The molecule has 1 aliphatic rings. The standard InChI is InChI=1S/C29H39ClN10O2/c1-19(2)27-25(16-40(35-27)23-8-10-38(11-9-23)17-29(4,5)41)34-28-31-13-22(14-32-28)21-6-7-24(30)26(12-21)42-20(3)15-39-18-33-36-37-39/h6-7,12-14,16,18-20,23,41H,8-11,15,17H2,1-5H3,(H,31,32,34)/t20-/m0/s1. The molecule has 12 nitrogen and oxygen atoms in total. The number of aliphatic hydroxyl groups is 1. The molecule has 1 saturated heterocycles. The molecular weight excluding hydrogens is 556 g/mol. The molecule has 3 aromatic heterocycles. The van der Waals surface area contributed by atoms with Crippen LogP contribution in [0.25, 0.3) is 11.1 Å². The molecule has 0 bridgehead atoms. The summed E-state index contributed by atoms with van der Waals surface area (Å²) in [5.41, 5.74) is 2.94. The van der Waals surface area contributed by atoms with Gasteiger partial charge in [0.15, 0.2) is 0 Å². The summed E-state index contributed by atoms with van der Waals surface area (Å²) in [6, 6.07) is 5.93. The Balaban J connectivity index is 1.25. The minimum Gasteiger partial charge on any atom is -0.487 e. The smallest absolute Gasteiger partial charge is 0.227 e. The number of hydrogen-bond acceptors (Lipinski definition) is 10. The van der Waals surface area contributed by atoms with Gasteiger partial charge < -0.3 is 20.1 Å². The number of likely N-dealkylation sites (tertiary alicyclic amines) is 1. The lowest BCUT2D eigenvalue weighted by molar-refractivity contribution is 0.0245. The molecule has 1 aromatic carbocycles. The van der Waals surface area contributed by atoms with Crippen LogP contribution in [-0.4, -0.2) is 81.3 Å². The second-order valence-electron chi connectivity index (χ2n) is 11.9. The number of nitrogens with one attached hydrogen (secondary N) is 1. The fraction of sp³-hybridized carbons (Fsp3) is 0.517. The highest BCUT2D eigenvalue weighted by Crippen LogP contribution is 2.33. The predicted molar refractivity (Wildman–Crippen MR) is 161 cm³/mol. The van der Waals surface area contributed by atoms with Crippen LogP contribution in [0.1, 0.15) is 65.1 Å². The highest BCUT2D eigenvalue weighted by molar-refractivity contribution is 6.32. The van der Waals surface area contributed by atoms with E-state index in [9.17, 15) is 5.11 Å². The molecule has 42 heavy (non-hydrogen) atoms. The fourth-order valence-corrected chi connectivity index (χ4v) is 5.38. The van der Waals surface area contributed by atoms with Crippen LogP contribution in [0, 0.1) is 0 Å². The summed E-state index contributed by atoms with van der Waals surface area (Å²) in [5.74, 6) is 1.30. The molecule has 0 amide bonds. The van der Waals surface area contributed by atoms with Gasteiger partial charge in [0.1, 0.15) is 18.2 Å². The van der Waals surface area contributed by atoms with Crippen LogP contribution in [0.5, 0.6) is 5.75 Å². The van der Waals surface area contributed by atoms with Crippen molar-refractivity contribution in [2.75, 3.05) is 25.0 Å².